The van der Waals surface area contributed by atoms with Gasteiger partial charge in [-0.2, -0.15) is 0 Å². The maximum atomic E-state index is 10.9. The average Bonchev–Trinajstić information content (AvgIpc) is 2.49. The molecule has 1 radical (unpaired) electrons. The van der Waals surface area contributed by atoms with E-state index in [0.29, 0.717) is 0 Å². The van der Waals surface area contributed by atoms with E-state index < -0.39 is 41.6 Å². The molecule has 1 fully saturated rings. The summed E-state index contributed by atoms with van der Waals surface area (Å²) in [5, 5.41) is 40.2. The number of aliphatic hydroxyl groups excluding tert-OH is 3. The van der Waals surface area contributed by atoms with Crippen LogP contribution in [0.5, 0.6) is 0 Å². The fraction of sp³-hybridized carbons (Fsp3) is 0.500. The summed E-state index contributed by atoms with van der Waals surface area (Å²) >= 11 is 6.35. The molecule has 1 heterocycles. The molecule has 1 amide bonds. The molecule has 0 saturated carbocycles. The number of carbonyl (C=O) groups is 1. The monoisotopic (exact) mass is 410 g/mol. The molecule has 1 saturated heterocycles. The minimum atomic E-state index is -1.97. The van der Waals surface area contributed by atoms with Crippen LogP contribution in [-0.4, -0.2) is 78.0 Å². The summed E-state index contributed by atoms with van der Waals surface area (Å²) in [7, 11) is 0. The van der Waals surface area contributed by atoms with Crippen molar-refractivity contribution in [3.05, 3.63) is 30.3 Å². The number of benzene rings is 1. The van der Waals surface area contributed by atoms with Crippen LogP contribution in [0.2, 0.25) is 0 Å². The van der Waals surface area contributed by atoms with Crippen molar-refractivity contribution in [1.29, 1.82) is 0 Å². The minimum Gasteiger partial charge on any atom is -0.143 e. The van der Waals surface area contributed by atoms with Crippen LogP contribution in [0.15, 0.2) is 35.2 Å². The van der Waals surface area contributed by atoms with Gasteiger partial charge in [0.15, 0.2) is 0 Å². The van der Waals surface area contributed by atoms with Crippen LogP contribution in [0, 0.1) is 0 Å². The van der Waals surface area contributed by atoms with Crippen LogP contribution >= 0.6 is 12.6 Å². The van der Waals surface area contributed by atoms with E-state index in [4.69, 9.17) is 9.84 Å². The Bertz CT molecular complexity index is 503. The number of thiol groups is 1. The van der Waals surface area contributed by atoms with Gasteiger partial charge in [-0.3, -0.25) is 0 Å². The molecule has 1 aromatic rings. The smallest absolute Gasteiger partial charge is 0.00399 e. The quantitative estimate of drug-likeness (QED) is 0.259. The van der Waals surface area contributed by atoms with Crippen molar-refractivity contribution in [2.75, 3.05) is 6.61 Å². The predicted molar refractivity (Wildman–Crippen MR) is 86.0 cm³/mol. The number of ether oxygens (including phenoxy) is 1. The second kappa shape index (κ2) is 9.00. The normalized spacial score (nSPS) is 33.3. The molecule has 7 nitrogen and oxygen atoms in total. The van der Waals surface area contributed by atoms with E-state index in [1.165, 1.54) is 6.92 Å². The maximum absolute atomic E-state index is 10.9. The molecule has 0 aromatic heterocycles. The number of hydrogen-bond donors (Lipinski definition) is 6. The van der Waals surface area contributed by atoms with Crippen LogP contribution in [0.25, 0.3) is 0 Å². The van der Waals surface area contributed by atoms with E-state index in [1.54, 1.807) is 0 Å². The number of nitrogens with one attached hydrogen (secondary N) is 1. The first-order valence-corrected chi connectivity index (χ1v) is 8.08. The van der Waals surface area contributed by atoms with E-state index in [9.17, 15) is 20.1 Å². The van der Waals surface area contributed by atoms with Crippen molar-refractivity contribution in [3.8, 4) is 0 Å². The van der Waals surface area contributed by atoms with E-state index in [1.807, 2.05) is 30.3 Å². The average molecular weight is 409 g/mol. The van der Waals surface area contributed by atoms with Crippen molar-refractivity contribution < 1.29 is 30.0 Å². The number of aliphatic hydroxyl groups is 4. The van der Waals surface area contributed by atoms with Gasteiger partial charge in [0.05, 0.1) is 0 Å². The fourth-order valence-corrected chi connectivity index (χ4v) is 2.81. The first-order valence-electron chi connectivity index (χ1n) is 6.77. The Morgan fingerprint density at radius 1 is 1.35 bits per heavy atom. The zero-order valence-corrected chi connectivity index (χ0v) is 15.0. The topological polar surface area (TPSA) is 119 Å². The van der Waals surface area contributed by atoms with Gasteiger partial charge < -0.3 is 0 Å². The first-order chi connectivity index (χ1) is 10.7. The van der Waals surface area contributed by atoms with Crippen molar-refractivity contribution >= 4 is 34.5 Å². The SMILES string of the molecule is CC(=O)N[C@@H]1[C@@H](O)[C@H](O)[C@@H](CO)O[C@]1(O)[Se].Sc1ccccc1. The summed E-state index contributed by atoms with van der Waals surface area (Å²) in [6, 6.07) is 8.58. The standard InChI is InChI=1S/C8H14NO6Se.C6H6S/c1-3(11)9-7-6(13)5(12)4(2-10)15-8(7,14)16;7-6-4-2-1-3-5-6/h4-7,10,12-14H,2H2,1H3,(H,9,11);1-5,7H/t4-,5-,6+,7-,8+;/m1./s1. The Labute approximate surface area is 147 Å². The van der Waals surface area contributed by atoms with E-state index in [2.05, 4.69) is 34.0 Å². The van der Waals surface area contributed by atoms with Crippen LogP contribution < -0.4 is 5.32 Å². The summed E-state index contributed by atoms with van der Waals surface area (Å²) in [6.45, 7) is 0.641. The van der Waals surface area contributed by atoms with Crippen molar-refractivity contribution in [1.82, 2.24) is 5.32 Å². The molecule has 0 unspecified atom stereocenters. The maximum Gasteiger partial charge on any atom is 0.00399 e. The molecule has 1 aliphatic rings. The Balaban J connectivity index is 0.000000313. The molecule has 2 rings (SSSR count). The van der Waals surface area contributed by atoms with Crippen molar-refractivity contribution in [2.45, 2.75) is 40.9 Å². The van der Waals surface area contributed by atoms with Gasteiger partial charge in [-0.1, -0.05) is 18.2 Å². The largest absolute Gasteiger partial charge is 0.143 e. The van der Waals surface area contributed by atoms with Crippen LogP contribution in [0.1, 0.15) is 6.92 Å². The third-order valence-electron chi connectivity index (χ3n) is 3.08. The summed E-state index contributed by atoms with van der Waals surface area (Å²) in [6.07, 6.45) is -3.96. The molecule has 5 atom stereocenters. The molecule has 5 N–H and O–H groups in total. The van der Waals surface area contributed by atoms with Crippen LogP contribution in [0.4, 0.5) is 0 Å². The summed E-state index contributed by atoms with van der Waals surface area (Å²) < 4.78 is 2.97. The van der Waals surface area contributed by atoms with Crippen LogP contribution in [-0.2, 0) is 9.53 Å². The second-order valence-corrected chi connectivity index (χ2v) is 6.71. The van der Waals surface area contributed by atoms with Crippen molar-refractivity contribution in [2.24, 2.45) is 0 Å². The van der Waals surface area contributed by atoms with E-state index in [-0.39, 0.29) is 0 Å². The number of amides is 1. The van der Waals surface area contributed by atoms with Crippen molar-refractivity contribution in [3.63, 3.8) is 0 Å². The van der Waals surface area contributed by atoms with Crippen LogP contribution in [0.3, 0.4) is 0 Å². The number of rotatable bonds is 2. The molecule has 1 aromatic carbocycles. The minimum absolute atomic E-state index is 0.490. The Hall–Kier alpha value is -0.641. The van der Waals surface area contributed by atoms with Gasteiger partial charge in [-0.05, 0) is 12.1 Å². The second-order valence-electron chi connectivity index (χ2n) is 4.96. The van der Waals surface area contributed by atoms with Gasteiger partial charge in [0.1, 0.15) is 0 Å². The number of carbonyl (C=O) groups excluding carboxylic acids is 1. The van der Waals surface area contributed by atoms with Gasteiger partial charge in [-0.15, -0.1) is 12.6 Å². The summed E-state index contributed by atoms with van der Waals surface area (Å²) in [5.74, 6) is -0.490. The molecule has 1 aliphatic heterocycles. The summed E-state index contributed by atoms with van der Waals surface area (Å²) in [4.78, 5) is 11.9. The Kier molecular flexibility index (Phi) is 7.99. The molecular weight excluding hydrogens is 389 g/mol. The number of hydrogen-bond acceptors (Lipinski definition) is 7. The van der Waals surface area contributed by atoms with Gasteiger partial charge in [0.25, 0.3) is 0 Å². The van der Waals surface area contributed by atoms with Gasteiger partial charge in [0.2, 0.25) is 0 Å². The Morgan fingerprint density at radius 2 is 1.91 bits per heavy atom. The molecule has 9 heteroatoms. The van der Waals surface area contributed by atoms with Gasteiger partial charge in [-0.25, -0.2) is 0 Å². The zero-order valence-electron chi connectivity index (χ0n) is 12.4. The third-order valence-corrected chi connectivity index (χ3v) is 4.11. The molecular formula is C14H20NO6SSe. The van der Waals surface area contributed by atoms with E-state index >= 15 is 0 Å². The first kappa shape index (κ1) is 20.4. The summed E-state index contributed by atoms with van der Waals surface area (Å²) in [5.41, 5.74) is 0. The van der Waals surface area contributed by atoms with E-state index in [0.717, 1.165) is 4.90 Å². The predicted octanol–water partition coefficient (Wildman–Crippen LogP) is -1.61. The molecule has 0 bridgehead atoms. The molecule has 0 spiro atoms. The molecule has 23 heavy (non-hydrogen) atoms. The fourth-order valence-electron chi connectivity index (χ4n) is 1.96. The van der Waals surface area contributed by atoms with Gasteiger partial charge in [0, 0.05) is 4.90 Å². The van der Waals surface area contributed by atoms with Gasteiger partial charge >= 0.3 is 99.8 Å². The molecule has 0 aliphatic carbocycles. The Morgan fingerprint density at radius 3 is 2.30 bits per heavy atom. The zero-order chi connectivity index (χ0) is 17.6. The molecule has 129 valence electrons. The third kappa shape index (κ3) is 6.06.